The first-order valence-electron chi connectivity index (χ1n) is 6.61. The number of likely N-dealkylation sites (tertiary alicyclic amines) is 1. The van der Waals surface area contributed by atoms with Crippen LogP contribution in [0.15, 0.2) is 23.9 Å². The lowest BCUT2D eigenvalue weighted by Crippen LogP contribution is -2.66. The van der Waals surface area contributed by atoms with Gasteiger partial charge in [0.25, 0.3) is 0 Å². The van der Waals surface area contributed by atoms with E-state index < -0.39 is 0 Å². The molecule has 3 rings (SSSR count). The van der Waals surface area contributed by atoms with Gasteiger partial charge in [0.2, 0.25) is 0 Å². The number of primary amides is 1. The summed E-state index contributed by atoms with van der Waals surface area (Å²) in [6.07, 6.45) is 8.47. The molecule has 1 unspecified atom stereocenters. The summed E-state index contributed by atoms with van der Waals surface area (Å²) in [6, 6.07) is -0.528. The smallest absolute Gasteiger partial charge is 0.319 e. The number of carbonyl (C=O) groups is 2. The van der Waals surface area contributed by atoms with E-state index in [-0.39, 0.29) is 23.5 Å². The van der Waals surface area contributed by atoms with Gasteiger partial charge in [-0.05, 0) is 25.3 Å². The average Bonchev–Trinajstić information content (AvgIpc) is 2.39. The zero-order valence-electron chi connectivity index (χ0n) is 10.7. The van der Waals surface area contributed by atoms with E-state index >= 15 is 0 Å². The lowest BCUT2D eigenvalue weighted by atomic mass is 9.71. The van der Waals surface area contributed by atoms with Gasteiger partial charge < -0.3 is 21.3 Å². The molecule has 19 heavy (non-hydrogen) atoms. The van der Waals surface area contributed by atoms with Crippen LogP contribution in [0.5, 0.6) is 0 Å². The number of carbonyl (C=O) groups excluding carboxylic acids is 2. The van der Waals surface area contributed by atoms with Gasteiger partial charge in [-0.3, -0.25) is 0 Å². The minimum absolute atomic E-state index is 0.148. The highest BCUT2D eigenvalue weighted by molar-refractivity contribution is 5.79. The van der Waals surface area contributed by atoms with E-state index in [4.69, 9.17) is 5.73 Å². The number of rotatable bonds is 0. The minimum Gasteiger partial charge on any atom is -0.351 e. The van der Waals surface area contributed by atoms with Gasteiger partial charge in [-0.15, -0.1) is 0 Å². The Morgan fingerprint density at radius 2 is 2.16 bits per heavy atom. The van der Waals surface area contributed by atoms with Gasteiger partial charge >= 0.3 is 12.1 Å². The van der Waals surface area contributed by atoms with E-state index in [1.165, 1.54) is 0 Å². The Hall–Kier alpha value is -1.98. The molecule has 0 aromatic rings. The summed E-state index contributed by atoms with van der Waals surface area (Å²) in [5.74, 6) is 0.269. The van der Waals surface area contributed by atoms with Gasteiger partial charge in [0.15, 0.2) is 0 Å². The zero-order chi connectivity index (χ0) is 13.5. The van der Waals surface area contributed by atoms with Gasteiger partial charge in [0.05, 0.1) is 5.54 Å². The van der Waals surface area contributed by atoms with Crippen LogP contribution in [-0.2, 0) is 0 Å². The van der Waals surface area contributed by atoms with Crippen molar-refractivity contribution < 1.29 is 9.59 Å². The molecule has 0 bridgehead atoms. The fourth-order valence-electron chi connectivity index (χ4n) is 3.36. The Morgan fingerprint density at radius 1 is 1.42 bits per heavy atom. The largest absolute Gasteiger partial charge is 0.351 e. The van der Waals surface area contributed by atoms with E-state index in [0.717, 1.165) is 25.0 Å². The van der Waals surface area contributed by atoms with Crippen LogP contribution in [-0.4, -0.2) is 35.6 Å². The second-order valence-electron chi connectivity index (χ2n) is 5.40. The second kappa shape index (κ2) is 4.29. The summed E-state index contributed by atoms with van der Waals surface area (Å²) in [4.78, 5) is 24.7. The summed E-state index contributed by atoms with van der Waals surface area (Å²) < 4.78 is 0. The summed E-state index contributed by atoms with van der Waals surface area (Å²) >= 11 is 0. The van der Waals surface area contributed by atoms with Crippen molar-refractivity contribution in [2.75, 3.05) is 13.1 Å². The van der Waals surface area contributed by atoms with Crippen LogP contribution in [0, 0.1) is 5.92 Å². The number of nitrogens with two attached hydrogens (primary N) is 1. The van der Waals surface area contributed by atoms with Crippen LogP contribution in [0.2, 0.25) is 0 Å². The fourth-order valence-corrected chi connectivity index (χ4v) is 3.36. The number of amides is 4. The Morgan fingerprint density at radius 3 is 2.84 bits per heavy atom. The molecule has 6 heteroatoms. The van der Waals surface area contributed by atoms with Crippen molar-refractivity contribution in [3.8, 4) is 0 Å². The molecular formula is C13H18N4O2. The van der Waals surface area contributed by atoms with Crippen molar-refractivity contribution in [3.63, 3.8) is 0 Å². The molecular weight excluding hydrogens is 244 g/mol. The quantitative estimate of drug-likeness (QED) is 0.599. The van der Waals surface area contributed by atoms with E-state index in [9.17, 15) is 9.59 Å². The first kappa shape index (κ1) is 12.1. The third-order valence-electron chi connectivity index (χ3n) is 4.41. The van der Waals surface area contributed by atoms with Crippen LogP contribution >= 0.6 is 0 Å². The maximum Gasteiger partial charge on any atom is 0.319 e. The first-order valence-corrected chi connectivity index (χ1v) is 6.61. The van der Waals surface area contributed by atoms with Crippen LogP contribution in [0.3, 0.4) is 0 Å². The van der Waals surface area contributed by atoms with Crippen molar-refractivity contribution in [3.05, 3.63) is 23.9 Å². The van der Waals surface area contributed by atoms with Crippen LogP contribution in [0.1, 0.15) is 19.3 Å². The van der Waals surface area contributed by atoms with E-state index in [1.807, 2.05) is 12.2 Å². The molecule has 102 valence electrons. The molecule has 2 heterocycles. The Kier molecular flexibility index (Phi) is 2.73. The molecule has 4 N–H and O–H groups in total. The average molecular weight is 262 g/mol. The normalized spacial score (nSPS) is 28.2. The second-order valence-corrected chi connectivity index (χ2v) is 5.40. The molecule has 4 amide bonds. The molecule has 2 fully saturated rings. The fraction of sp³-hybridized carbons (Fsp3) is 0.538. The van der Waals surface area contributed by atoms with E-state index in [2.05, 4.69) is 16.7 Å². The predicted molar refractivity (Wildman–Crippen MR) is 70.1 cm³/mol. The first-order chi connectivity index (χ1) is 9.11. The summed E-state index contributed by atoms with van der Waals surface area (Å²) in [5, 5.41) is 5.97. The molecule has 2 aliphatic heterocycles. The van der Waals surface area contributed by atoms with Crippen molar-refractivity contribution in [2.45, 2.75) is 24.8 Å². The van der Waals surface area contributed by atoms with Crippen molar-refractivity contribution in [1.29, 1.82) is 0 Å². The van der Waals surface area contributed by atoms with E-state index in [1.54, 1.807) is 4.90 Å². The topological polar surface area (TPSA) is 87.5 Å². The minimum atomic E-state index is -0.380. The number of urea groups is 2. The highest BCUT2D eigenvalue weighted by Gasteiger charge is 2.47. The molecule has 0 radical (unpaired) electrons. The summed E-state index contributed by atoms with van der Waals surface area (Å²) in [5.41, 5.74) is 6.05. The van der Waals surface area contributed by atoms with Gasteiger partial charge in [-0.2, -0.15) is 0 Å². The number of nitrogens with zero attached hydrogens (tertiary/aromatic N) is 1. The number of hydrogen-bond acceptors (Lipinski definition) is 2. The van der Waals surface area contributed by atoms with Crippen molar-refractivity contribution in [1.82, 2.24) is 15.5 Å². The summed E-state index contributed by atoms with van der Waals surface area (Å²) in [7, 11) is 0. The van der Waals surface area contributed by atoms with Gasteiger partial charge in [0, 0.05) is 24.7 Å². The van der Waals surface area contributed by atoms with Crippen LogP contribution in [0.4, 0.5) is 9.59 Å². The molecule has 0 aromatic heterocycles. The number of nitrogens with one attached hydrogen (secondary N) is 2. The third-order valence-corrected chi connectivity index (χ3v) is 4.41. The molecule has 1 aliphatic carbocycles. The third kappa shape index (κ3) is 1.97. The van der Waals surface area contributed by atoms with Gasteiger partial charge in [0.1, 0.15) is 0 Å². The molecule has 6 nitrogen and oxygen atoms in total. The maximum absolute atomic E-state index is 11.8. The molecule has 1 spiro atoms. The number of fused-ring (bicyclic) bond motifs is 2. The van der Waals surface area contributed by atoms with Crippen molar-refractivity contribution in [2.24, 2.45) is 11.7 Å². The van der Waals surface area contributed by atoms with Gasteiger partial charge in [-0.1, -0.05) is 12.2 Å². The standard InChI is InChI=1S/C13H18N4O2/c14-11(18)17-7-5-13(6-8-17)9-3-1-2-4-10(9)15-12(19)16-13/h1-2,4,9H,3,5-8H2,(H2,14,18)(H2,15,16,19). The zero-order valence-corrected chi connectivity index (χ0v) is 10.7. The predicted octanol–water partition coefficient (Wildman–Crippen LogP) is 0.672. The van der Waals surface area contributed by atoms with Crippen LogP contribution < -0.4 is 16.4 Å². The lowest BCUT2D eigenvalue weighted by molar-refractivity contribution is 0.107. The highest BCUT2D eigenvalue weighted by atomic mass is 16.2. The SMILES string of the molecule is NC(=O)N1CCC2(CC1)NC(=O)NC1=CC=CCC12. The monoisotopic (exact) mass is 262 g/mol. The Balaban J connectivity index is 1.83. The highest BCUT2D eigenvalue weighted by Crippen LogP contribution is 2.39. The molecule has 0 aromatic carbocycles. The van der Waals surface area contributed by atoms with Crippen molar-refractivity contribution >= 4 is 12.1 Å². The molecule has 0 saturated carbocycles. The number of allylic oxidation sites excluding steroid dienone is 3. The summed E-state index contributed by atoms with van der Waals surface area (Å²) in [6.45, 7) is 1.20. The number of hydrogen-bond donors (Lipinski definition) is 3. The molecule has 1 atom stereocenters. The maximum atomic E-state index is 11.8. The number of piperidine rings is 1. The molecule has 3 aliphatic rings. The Bertz CT molecular complexity index is 475. The lowest BCUT2D eigenvalue weighted by Gasteiger charge is -2.50. The Labute approximate surface area is 111 Å². The van der Waals surface area contributed by atoms with Gasteiger partial charge in [-0.25, -0.2) is 9.59 Å². The van der Waals surface area contributed by atoms with Crippen LogP contribution in [0.25, 0.3) is 0 Å². The van der Waals surface area contributed by atoms with E-state index in [0.29, 0.717) is 13.1 Å². The molecule has 2 saturated heterocycles.